The van der Waals surface area contributed by atoms with Crippen molar-refractivity contribution in [1.29, 1.82) is 0 Å². The molecular weight excluding hydrogens is 198 g/mol. The maximum Gasteiger partial charge on any atom is 0.0570 e. The Hall–Kier alpha value is -0.930. The molecule has 0 spiro atoms. The Morgan fingerprint density at radius 3 is 2.56 bits per heavy atom. The minimum absolute atomic E-state index is 0.190. The van der Waals surface area contributed by atoms with Crippen LogP contribution in [0.1, 0.15) is 39.4 Å². The molecule has 90 valence electrons. The summed E-state index contributed by atoms with van der Waals surface area (Å²) in [6, 6.07) is 6.32. The molecule has 0 amide bonds. The van der Waals surface area contributed by atoms with Crippen LogP contribution in [0.3, 0.4) is 0 Å². The molecule has 0 aliphatic carbocycles. The van der Waals surface area contributed by atoms with E-state index in [9.17, 15) is 0 Å². The third-order valence-corrected chi connectivity index (χ3v) is 2.36. The minimum atomic E-state index is 0.190. The topological polar surface area (TPSA) is 37.0 Å². The summed E-state index contributed by atoms with van der Waals surface area (Å²) in [4.78, 5) is 4.32. The molecule has 0 aliphatic rings. The van der Waals surface area contributed by atoms with Crippen LogP contribution in [0, 0.1) is 0 Å². The first-order chi connectivity index (χ1) is 7.49. The summed E-state index contributed by atoms with van der Waals surface area (Å²) in [5.41, 5.74) is 1.29. The van der Waals surface area contributed by atoms with Gasteiger partial charge in [-0.3, -0.25) is 4.98 Å². The van der Waals surface area contributed by atoms with Gasteiger partial charge in [0.1, 0.15) is 0 Å². The van der Waals surface area contributed by atoms with Gasteiger partial charge in [-0.05, 0) is 39.8 Å². The maximum atomic E-state index is 4.32. The van der Waals surface area contributed by atoms with Crippen molar-refractivity contribution in [3.8, 4) is 0 Å². The van der Waals surface area contributed by atoms with Crippen molar-refractivity contribution in [2.24, 2.45) is 0 Å². The van der Waals surface area contributed by atoms with Crippen LogP contribution in [0.2, 0.25) is 0 Å². The zero-order valence-corrected chi connectivity index (χ0v) is 10.7. The highest BCUT2D eigenvalue weighted by Gasteiger charge is 2.08. The van der Waals surface area contributed by atoms with Gasteiger partial charge in [0.05, 0.1) is 5.69 Å². The van der Waals surface area contributed by atoms with Crippen LogP contribution in [-0.4, -0.2) is 23.6 Å². The van der Waals surface area contributed by atoms with E-state index < -0.39 is 0 Å². The normalized spacial score (nSPS) is 13.8. The van der Waals surface area contributed by atoms with Crippen molar-refractivity contribution >= 4 is 0 Å². The predicted molar refractivity (Wildman–Crippen MR) is 68.4 cm³/mol. The van der Waals surface area contributed by atoms with Gasteiger partial charge in [0, 0.05) is 30.9 Å². The average Bonchev–Trinajstić information content (AvgIpc) is 2.24. The number of pyridine rings is 1. The fraction of sp³-hybridized carbons (Fsp3) is 0.615. The summed E-state index contributed by atoms with van der Waals surface area (Å²) < 4.78 is 0. The van der Waals surface area contributed by atoms with Crippen molar-refractivity contribution in [3.05, 3.63) is 30.1 Å². The van der Waals surface area contributed by atoms with Crippen LogP contribution in [-0.2, 0) is 0 Å². The Balaban J connectivity index is 2.24. The molecule has 16 heavy (non-hydrogen) atoms. The fourth-order valence-corrected chi connectivity index (χ4v) is 1.46. The molecule has 2 N–H and O–H groups in total. The number of hydrogen-bond donors (Lipinski definition) is 2. The lowest BCUT2D eigenvalue weighted by molar-refractivity contribution is 0.413. The molecule has 0 radical (unpaired) electrons. The standard InChI is InChI=1S/C13H23N3/c1-11(12-7-5-6-8-15-12)14-9-10-16-13(2,3)4/h5-8,11,14,16H,9-10H2,1-4H3. The first-order valence-corrected chi connectivity index (χ1v) is 5.88. The van der Waals surface area contributed by atoms with Crippen molar-refractivity contribution < 1.29 is 0 Å². The second-order valence-corrected chi connectivity index (χ2v) is 5.11. The van der Waals surface area contributed by atoms with Crippen molar-refractivity contribution in [2.45, 2.75) is 39.3 Å². The largest absolute Gasteiger partial charge is 0.311 e. The van der Waals surface area contributed by atoms with Crippen LogP contribution in [0.5, 0.6) is 0 Å². The molecule has 3 heteroatoms. The molecule has 0 aromatic carbocycles. The van der Waals surface area contributed by atoms with E-state index in [1.807, 2.05) is 18.3 Å². The highest BCUT2D eigenvalue weighted by atomic mass is 15.0. The molecule has 1 atom stereocenters. The molecule has 0 aliphatic heterocycles. The number of rotatable bonds is 5. The summed E-state index contributed by atoms with van der Waals surface area (Å²) >= 11 is 0. The quantitative estimate of drug-likeness (QED) is 0.748. The van der Waals surface area contributed by atoms with E-state index in [1.54, 1.807) is 0 Å². The van der Waals surface area contributed by atoms with Crippen LogP contribution in [0.15, 0.2) is 24.4 Å². The summed E-state index contributed by atoms with van der Waals surface area (Å²) in [7, 11) is 0. The summed E-state index contributed by atoms with van der Waals surface area (Å²) in [5.74, 6) is 0. The van der Waals surface area contributed by atoms with Gasteiger partial charge in [-0.2, -0.15) is 0 Å². The first kappa shape index (κ1) is 13.1. The molecular formula is C13H23N3. The lowest BCUT2D eigenvalue weighted by atomic mass is 10.1. The van der Waals surface area contributed by atoms with Gasteiger partial charge in [0.15, 0.2) is 0 Å². The van der Waals surface area contributed by atoms with Crippen LogP contribution in [0.25, 0.3) is 0 Å². The Labute approximate surface area is 98.7 Å². The third-order valence-electron chi connectivity index (χ3n) is 2.36. The van der Waals surface area contributed by atoms with E-state index in [1.165, 1.54) is 0 Å². The molecule has 0 saturated carbocycles. The molecule has 1 heterocycles. The number of nitrogens with one attached hydrogen (secondary N) is 2. The second kappa shape index (κ2) is 5.97. The van der Waals surface area contributed by atoms with E-state index in [4.69, 9.17) is 0 Å². The van der Waals surface area contributed by atoms with Gasteiger partial charge in [0.25, 0.3) is 0 Å². The van der Waals surface area contributed by atoms with E-state index in [-0.39, 0.29) is 5.54 Å². The van der Waals surface area contributed by atoms with Crippen molar-refractivity contribution in [3.63, 3.8) is 0 Å². The minimum Gasteiger partial charge on any atom is -0.311 e. The van der Waals surface area contributed by atoms with E-state index in [2.05, 4.69) is 49.4 Å². The molecule has 1 aromatic heterocycles. The fourth-order valence-electron chi connectivity index (χ4n) is 1.46. The van der Waals surface area contributed by atoms with Gasteiger partial charge in [0.2, 0.25) is 0 Å². The average molecular weight is 221 g/mol. The predicted octanol–water partition coefficient (Wildman–Crippen LogP) is 2.12. The Bertz CT molecular complexity index is 290. The van der Waals surface area contributed by atoms with Gasteiger partial charge in [-0.15, -0.1) is 0 Å². The lowest BCUT2D eigenvalue weighted by Crippen LogP contribution is -2.40. The van der Waals surface area contributed by atoms with Crippen LogP contribution < -0.4 is 10.6 Å². The summed E-state index contributed by atoms with van der Waals surface area (Å²) in [5, 5.41) is 6.89. The molecule has 1 aromatic rings. The van der Waals surface area contributed by atoms with Gasteiger partial charge >= 0.3 is 0 Å². The summed E-state index contributed by atoms with van der Waals surface area (Å²) in [6.45, 7) is 10.6. The van der Waals surface area contributed by atoms with Crippen LogP contribution in [0.4, 0.5) is 0 Å². The first-order valence-electron chi connectivity index (χ1n) is 5.88. The smallest absolute Gasteiger partial charge is 0.0570 e. The van der Waals surface area contributed by atoms with E-state index >= 15 is 0 Å². The van der Waals surface area contributed by atoms with Crippen molar-refractivity contribution in [2.75, 3.05) is 13.1 Å². The van der Waals surface area contributed by atoms with E-state index in [0.29, 0.717) is 6.04 Å². The van der Waals surface area contributed by atoms with Gasteiger partial charge < -0.3 is 10.6 Å². The highest BCUT2D eigenvalue weighted by Crippen LogP contribution is 2.06. The van der Waals surface area contributed by atoms with Gasteiger partial charge in [-0.1, -0.05) is 6.07 Å². The zero-order valence-electron chi connectivity index (χ0n) is 10.7. The lowest BCUT2D eigenvalue weighted by Gasteiger charge is -2.21. The second-order valence-electron chi connectivity index (χ2n) is 5.11. The molecule has 0 saturated heterocycles. The molecule has 3 nitrogen and oxygen atoms in total. The number of hydrogen-bond acceptors (Lipinski definition) is 3. The number of aromatic nitrogens is 1. The number of nitrogens with zero attached hydrogens (tertiary/aromatic N) is 1. The zero-order chi connectivity index (χ0) is 12.0. The van der Waals surface area contributed by atoms with Crippen LogP contribution >= 0.6 is 0 Å². The molecule has 0 fully saturated rings. The van der Waals surface area contributed by atoms with E-state index in [0.717, 1.165) is 18.8 Å². The summed E-state index contributed by atoms with van der Waals surface area (Å²) in [6.07, 6.45) is 1.83. The van der Waals surface area contributed by atoms with Crippen molar-refractivity contribution in [1.82, 2.24) is 15.6 Å². The molecule has 1 unspecified atom stereocenters. The molecule has 1 rings (SSSR count). The SMILES string of the molecule is CC(NCCNC(C)(C)C)c1ccccn1. The Morgan fingerprint density at radius 1 is 1.25 bits per heavy atom. The Morgan fingerprint density at radius 2 is 2.00 bits per heavy atom. The maximum absolute atomic E-state index is 4.32. The monoisotopic (exact) mass is 221 g/mol. The highest BCUT2D eigenvalue weighted by molar-refractivity contribution is 5.07. The molecule has 0 bridgehead atoms. The Kier molecular flexibility index (Phi) is 4.90. The van der Waals surface area contributed by atoms with Gasteiger partial charge in [-0.25, -0.2) is 0 Å². The third kappa shape index (κ3) is 5.24.